The number of pyridine rings is 2. The summed E-state index contributed by atoms with van der Waals surface area (Å²) in [5, 5.41) is 5.55. The molecule has 2 aliphatic rings. The van der Waals surface area contributed by atoms with Crippen LogP contribution < -0.4 is 42.0 Å². The topological polar surface area (TPSA) is 29.0 Å². The molecule has 2 aromatic heterocycles. The van der Waals surface area contributed by atoms with Gasteiger partial charge in [0.1, 0.15) is 0 Å². The zero-order chi connectivity index (χ0) is 40.4. The van der Waals surface area contributed by atoms with E-state index < -0.39 is 8.07 Å². The monoisotopic (exact) mass is 783 g/mol. The van der Waals surface area contributed by atoms with Crippen LogP contribution in [0.25, 0.3) is 33.4 Å². The largest absolute Gasteiger partial charge is 0.312 e. The number of fused-ring (bicyclic) bond motifs is 4. The second-order valence-electron chi connectivity index (χ2n) is 16.4. The van der Waals surface area contributed by atoms with E-state index in [2.05, 4.69) is 199 Å². The van der Waals surface area contributed by atoms with Gasteiger partial charge in [-0.1, -0.05) is 156 Å². The first kappa shape index (κ1) is 36.0. The molecule has 0 bridgehead atoms. The van der Waals surface area contributed by atoms with Crippen LogP contribution in [0.2, 0.25) is 0 Å². The normalized spacial score (nSPS) is 13.3. The van der Waals surface area contributed by atoms with Crippen LogP contribution in [0.5, 0.6) is 0 Å². The molecule has 0 unspecified atom stereocenters. The van der Waals surface area contributed by atoms with Crippen molar-refractivity contribution < 1.29 is 0 Å². The molecule has 0 aliphatic carbocycles. The highest BCUT2D eigenvalue weighted by Gasteiger charge is 2.52. The number of aryl methyl sites for hydroxylation is 3. The molecule has 0 spiro atoms. The van der Waals surface area contributed by atoms with Crippen LogP contribution in [0, 0.1) is 20.8 Å². The summed E-state index contributed by atoms with van der Waals surface area (Å²) in [6.07, 6.45) is 7.58. The molecule has 0 N–H and O–H groups in total. The van der Waals surface area contributed by atoms with Crippen molar-refractivity contribution in [3.8, 4) is 33.4 Å². The van der Waals surface area contributed by atoms with E-state index >= 15 is 0 Å². The first-order chi connectivity index (χ1) is 29.5. The fourth-order valence-electron chi connectivity index (χ4n) is 10.5. The highest BCUT2D eigenvalue weighted by atomic mass is 28.3. The third kappa shape index (κ3) is 5.57. The van der Waals surface area contributed by atoms with Gasteiger partial charge in [0.25, 0.3) is 0 Å². The third-order valence-corrected chi connectivity index (χ3v) is 17.7. The van der Waals surface area contributed by atoms with E-state index in [1.165, 1.54) is 76.5 Å². The number of benzene rings is 7. The molecule has 9 aromatic rings. The van der Waals surface area contributed by atoms with Crippen molar-refractivity contribution in [3.05, 3.63) is 217 Å². The van der Waals surface area contributed by atoms with Crippen LogP contribution in [0.15, 0.2) is 201 Å². The molecule has 0 atom stereocenters. The summed E-state index contributed by atoms with van der Waals surface area (Å²) in [5.74, 6) is 0. The Morgan fingerprint density at radius 1 is 0.433 bits per heavy atom. The van der Waals surface area contributed by atoms with Gasteiger partial charge in [0.05, 0.1) is 0 Å². The predicted molar refractivity (Wildman–Crippen MR) is 256 cm³/mol. The number of hydrogen-bond donors (Lipinski definition) is 0. The molecule has 60 heavy (non-hydrogen) atoms. The van der Waals surface area contributed by atoms with Crippen LogP contribution in [0.4, 0.5) is 17.1 Å². The van der Waals surface area contributed by atoms with Crippen molar-refractivity contribution in [2.75, 3.05) is 4.90 Å². The van der Waals surface area contributed by atoms with Crippen LogP contribution in [0.3, 0.4) is 0 Å². The first-order valence-electron chi connectivity index (χ1n) is 20.8. The fraction of sp³-hybridized carbons (Fsp3) is 0.0545. The molecule has 4 heterocycles. The maximum Gasteiger partial charge on any atom is 0.247 e. The predicted octanol–water partition coefficient (Wildman–Crippen LogP) is 8.39. The Morgan fingerprint density at radius 2 is 1.00 bits per heavy atom. The van der Waals surface area contributed by atoms with Crippen LogP contribution in [-0.4, -0.2) is 24.8 Å². The van der Waals surface area contributed by atoms with Gasteiger partial charge in [-0.05, 0) is 117 Å². The molecule has 0 amide bonds. The van der Waals surface area contributed by atoms with Crippen LogP contribution >= 0.6 is 0 Å². The lowest BCUT2D eigenvalue weighted by molar-refractivity contribution is 1.29. The Kier molecular flexibility index (Phi) is 8.61. The Labute approximate surface area is 353 Å². The number of para-hydroxylation sites is 2. The van der Waals surface area contributed by atoms with Crippen molar-refractivity contribution >= 4 is 69.0 Å². The summed E-state index contributed by atoms with van der Waals surface area (Å²) in [5.41, 5.74) is 18.7. The third-order valence-electron chi connectivity index (χ3n) is 12.8. The van der Waals surface area contributed by atoms with Gasteiger partial charge in [0.15, 0.2) is 8.07 Å². The summed E-state index contributed by atoms with van der Waals surface area (Å²) >= 11 is 0. The summed E-state index contributed by atoms with van der Waals surface area (Å²) < 4.78 is 0. The maximum absolute atomic E-state index is 4.51. The minimum absolute atomic E-state index is 0.0909. The molecule has 11 rings (SSSR count). The van der Waals surface area contributed by atoms with Gasteiger partial charge in [0.2, 0.25) is 6.71 Å². The Bertz CT molecular complexity index is 2960. The minimum atomic E-state index is -3.00. The van der Waals surface area contributed by atoms with E-state index in [-0.39, 0.29) is 6.71 Å². The number of hydrogen-bond acceptors (Lipinski definition) is 3. The van der Waals surface area contributed by atoms with E-state index in [0.29, 0.717) is 0 Å². The van der Waals surface area contributed by atoms with E-state index in [1.54, 1.807) is 0 Å². The molecule has 0 saturated carbocycles. The number of anilines is 3. The highest BCUT2D eigenvalue weighted by molar-refractivity contribution is 7.22. The summed E-state index contributed by atoms with van der Waals surface area (Å²) in [7, 11) is -3.00. The molecular formula is C55H42BN3Si. The average molecular weight is 784 g/mol. The van der Waals surface area contributed by atoms with Crippen molar-refractivity contribution in [1.29, 1.82) is 0 Å². The second kappa shape index (κ2) is 14.3. The first-order valence-corrected chi connectivity index (χ1v) is 22.8. The number of nitrogens with zero attached hydrogens (tertiary/aromatic N) is 3. The Morgan fingerprint density at radius 3 is 1.60 bits per heavy atom. The molecule has 3 nitrogen and oxygen atoms in total. The maximum atomic E-state index is 4.51. The van der Waals surface area contributed by atoms with Gasteiger partial charge in [-0.2, -0.15) is 0 Å². The van der Waals surface area contributed by atoms with E-state index in [0.717, 1.165) is 27.8 Å². The molecule has 0 saturated heterocycles. The van der Waals surface area contributed by atoms with Gasteiger partial charge >= 0.3 is 0 Å². The average Bonchev–Trinajstić information content (AvgIpc) is 3.30. The Hall–Kier alpha value is -7.08. The molecule has 0 radical (unpaired) electrons. The van der Waals surface area contributed by atoms with E-state index in [9.17, 15) is 0 Å². The lowest BCUT2D eigenvalue weighted by atomic mass is 9.34. The van der Waals surface area contributed by atoms with Crippen LogP contribution in [-0.2, 0) is 0 Å². The van der Waals surface area contributed by atoms with Crippen molar-refractivity contribution in [2.45, 2.75) is 20.8 Å². The van der Waals surface area contributed by atoms with Gasteiger partial charge in [0, 0.05) is 53.0 Å². The summed E-state index contributed by atoms with van der Waals surface area (Å²) in [4.78, 5) is 11.6. The Balaban J connectivity index is 1.24. The van der Waals surface area contributed by atoms with Gasteiger partial charge < -0.3 is 4.90 Å². The van der Waals surface area contributed by atoms with Gasteiger partial charge in [-0.25, -0.2) is 0 Å². The van der Waals surface area contributed by atoms with E-state index in [4.69, 9.17) is 0 Å². The van der Waals surface area contributed by atoms with Crippen LogP contribution in [0.1, 0.15) is 16.7 Å². The van der Waals surface area contributed by atoms with Gasteiger partial charge in [-0.3, -0.25) is 9.97 Å². The molecule has 0 fully saturated rings. The molecule has 284 valence electrons. The van der Waals surface area contributed by atoms with Gasteiger partial charge in [-0.15, -0.1) is 0 Å². The quantitative estimate of drug-likeness (QED) is 0.159. The minimum Gasteiger partial charge on any atom is -0.312 e. The van der Waals surface area contributed by atoms with E-state index in [1.807, 2.05) is 36.9 Å². The number of rotatable bonds is 6. The zero-order valence-electron chi connectivity index (χ0n) is 34.0. The standard InChI is InChI=1S/C55H42BN3Si/c1-37-29-38(2)54(39(3)30-37)56-48-21-10-11-23-50(48)59-51-26-25-40(43-31-44(41-15-13-27-57-35-41)33-45(32-43)42-16-14-28-58-36-42)34-53(51)60(46-17-6-4-7-18-46,47-19-8-5-9-20-47)52-24-12-22-49(56)55(52)59/h4-36H,1-3H3. The molecular weight excluding hydrogens is 742 g/mol. The number of aromatic nitrogens is 2. The van der Waals surface area contributed by atoms with Crippen molar-refractivity contribution in [1.82, 2.24) is 9.97 Å². The summed E-state index contributed by atoms with van der Waals surface area (Å²) in [6.45, 7) is 6.90. The van der Waals surface area contributed by atoms with Crippen molar-refractivity contribution in [2.24, 2.45) is 0 Å². The smallest absolute Gasteiger partial charge is 0.247 e. The zero-order valence-corrected chi connectivity index (χ0v) is 35.0. The lowest BCUT2D eigenvalue weighted by Gasteiger charge is -2.49. The fourth-order valence-corrected chi connectivity index (χ4v) is 15.7. The summed E-state index contributed by atoms with van der Waals surface area (Å²) in [6, 6.07) is 66.4. The van der Waals surface area contributed by atoms with Crippen molar-refractivity contribution in [3.63, 3.8) is 0 Å². The second-order valence-corrected chi connectivity index (χ2v) is 20.1. The molecule has 5 heteroatoms. The highest BCUT2D eigenvalue weighted by Crippen LogP contribution is 2.41. The SMILES string of the molecule is Cc1cc(C)c(B2c3ccccc3N3c4ccc(-c5cc(-c6cccnc6)cc(-c6cccnc6)c5)cc4[Si](c4ccccc4)(c4ccccc4)c4cccc2c43)c(C)c1. The molecule has 2 aliphatic heterocycles. The molecule has 7 aromatic carbocycles. The lowest BCUT2D eigenvalue weighted by Crippen LogP contribution is -2.78.